The van der Waals surface area contributed by atoms with E-state index in [1.54, 1.807) is 12.1 Å². The molecule has 1 aromatic heterocycles. The zero-order valence-electron chi connectivity index (χ0n) is 5.92. The average molecular weight is 178 g/mol. The minimum Gasteiger partial charge on any atom is -1.00 e. The number of hydrogen-bond acceptors (Lipinski definition) is 2. The van der Waals surface area contributed by atoms with Gasteiger partial charge in [0.25, 0.3) is 5.24 Å². The van der Waals surface area contributed by atoms with Gasteiger partial charge in [-0.1, -0.05) is 0 Å². The summed E-state index contributed by atoms with van der Waals surface area (Å²) in [6.07, 6.45) is 3.05. The van der Waals surface area contributed by atoms with Crippen LogP contribution in [0, 0.1) is 0 Å². The van der Waals surface area contributed by atoms with Gasteiger partial charge in [-0.3, -0.25) is 9.78 Å². The second-order valence-corrected chi connectivity index (χ2v) is 1.85. The van der Waals surface area contributed by atoms with Gasteiger partial charge in [-0.15, -0.1) is 0 Å². The van der Waals surface area contributed by atoms with Crippen LogP contribution in [0.2, 0.25) is 0 Å². The van der Waals surface area contributed by atoms with Crippen molar-refractivity contribution in [3.05, 3.63) is 30.1 Å². The van der Waals surface area contributed by atoms with E-state index in [1.165, 1.54) is 12.4 Å². The molecule has 1 rings (SSSR count). The quantitative estimate of drug-likeness (QED) is 0.494. The zero-order chi connectivity index (χ0) is 6.69. The number of pyridine rings is 1. The predicted molar refractivity (Wildman–Crippen MR) is 35.5 cm³/mol. The molecule has 0 saturated heterocycles. The van der Waals surface area contributed by atoms with Gasteiger partial charge in [-0.25, -0.2) is 0 Å². The number of nitrogens with zero attached hydrogens (tertiary/aromatic N) is 1. The highest BCUT2D eigenvalue weighted by molar-refractivity contribution is 6.67. The lowest BCUT2D eigenvalue weighted by Gasteiger charge is -1.86. The van der Waals surface area contributed by atoms with E-state index in [-0.39, 0.29) is 13.8 Å². The molecule has 0 aromatic carbocycles. The number of carbonyl (C=O) groups is 1. The van der Waals surface area contributed by atoms with Gasteiger partial charge in [0.1, 0.15) is 0 Å². The third kappa shape index (κ3) is 2.33. The van der Waals surface area contributed by atoms with E-state index >= 15 is 0 Å². The molecule has 0 atom stereocenters. The van der Waals surface area contributed by atoms with Crippen LogP contribution in [-0.2, 0) is 0 Å². The Morgan fingerprint density at radius 3 is 2.30 bits per heavy atom. The van der Waals surface area contributed by atoms with Crippen molar-refractivity contribution in [2.24, 2.45) is 0 Å². The number of rotatable bonds is 1. The maximum absolute atomic E-state index is 10.4. The molecule has 4 heteroatoms. The van der Waals surface area contributed by atoms with Crippen LogP contribution in [0.5, 0.6) is 0 Å². The highest BCUT2D eigenvalue weighted by atomic mass is 35.5. The summed E-state index contributed by atoms with van der Waals surface area (Å²) in [5, 5.41) is -0.447. The highest BCUT2D eigenvalue weighted by Crippen LogP contribution is 1.99. The SMILES string of the molecule is O=C(Cl)c1ccncc1.[Cl-].[H+]. The molecule has 0 saturated carbocycles. The van der Waals surface area contributed by atoms with E-state index in [1.807, 2.05) is 0 Å². The van der Waals surface area contributed by atoms with Crippen LogP contribution in [0.3, 0.4) is 0 Å². The molecule has 1 heterocycles. The van der Waals surface area contributed by atoms with Crippen LogP contribution in [0.15, 0.2) is 24.5 Å². The molecular formula is C6H5Cl2NO. The third-order valence-electron chi connectivity index (χ3n) is 0.907. The molecular weight excluding hydrogens is 173 g/mol. The Labute approximate surface area is 71.1 Å². The topological polar surface area (TPSA) is 30.0 Å². The average Bonchev–Trinajstić information content (AvgIpc) is 1.90. The summed E-state index contributed by atoms with van der Waals surface area (Å²) in [5.74, 6) is 0. The van der Waals surface area contributed by atoms with Crippen LogP contribution in [-0.4, -0.2) is 10.2 Å². The Balaban J connectivity index is 0. The van der Waals surface area contributed by atoms with E-state index in [9.17, 15) is 4.79 Å². The fraction of sp³-hybridized carbons (Fsp3) is 0. The Morgan fingerprint density at radius 1 is 1.50 bits per heavy atom. The van der Waals surface area contributed by atoms with Crippen LogP contribution in [0.4, 0.5) is 0 Å². The van der Waals surface area contributed by atoms with E-state index in [0.29, 0.717) is 5.56 Å². The van der Waals surface area contributed by atoms with Crippen molar-refractivity contribution in [3.63, 3.8) is 0 Å². The van der Waals surface area contributed by atoms with E-state index < -0.39 is 5.24 Å². The molecule has 0 N–H and O–H groups in total. The molecule has 0 aliphatic rings. The van der Waals surface area contributed by atoms with Gasteiger partial charge in [0, 0.05) is 18.0 Å². The lowest BCUT2D eigenvalue weighted by molar-refractivity contribution is -0.00000881. The van der Waals surface area contributed by atoms with Crippen molar-refractivity contribution in [2.45, 2.75) is 0 Å². The summed E-state index contributed by atoms with van der Waals surface area (Å²) in [7, 11) is 0. The molecule has 0 fully saturated rings. The second-order valence-electron chi connectivity index (χ2n) is 1.51. The van der Waals surface area contributed by atoms with Crippen LogP contribution in [0.1, 0.15) is 11.8 Å². The molecule has 10 heavy (non-hydrogen) atoms. The zero-order valence-corrected chi connectivity index (χ0v) is 6.43. The molecule has 54 valence electrons. The molecule has 0 aliphatic heterocycles. The predicted octanol–water partition coefficient (Wildman–Crippen LogP) is -1.42. The third-order valence-corrected chi connectivity index (χ3v) is 1.13. The van der Waals surface area contributed by atoms with Crippen molar-refractivity contribution < 1.29 is 18.6 Å². The van der Waals surface area contributed by atoms with Crippen LogP contribution >= 0.6 is 11.6 Å². The monoisotopic (exact) mass is 177 g/mol. The first-order chi connectivity index (χ1) is 4.30. The normalized spacial score (nSPS) is 8.10. The summed E-state index contributed by atoms with van der Waals surface area (Å²) in [6, 6.07) is 3.13. The van der Waals surface area contributed by atoms with Crippen molar-refractivity contribution >= 4 is 16.8 Å². The Hall–Kier alpha value is -0.600. The highest BCUT2D eigenvalue weighted by Gasteiger charge is 1.96. The Kier molecular flexibility index (Phi) is 4.00. The van der Waals surface area contributed by atoms with Gasteiger partial charge in [-0.2, -0.15) is 0 Å². The van der Waals surface area contributed by atoms with E-state index in [4.69, 9.17) is 11.6 Å². The fourth-order valence-corrected chi connectivity index (χ4v) is 0.609. The maximum atomic E-state index is 10.4. The van der Waals surface area contributed by atoms with Crippen molar-refractivity contribution in [1.29, 1.82) is 0 Å². The second kappa shape index (κ2) is 4.25. The Bertz CT molecular complexity index is 217. The summed E-state index contributed by atoms with van der Waals surface area (Å²) >= 11 is 5.14. The van der Waals surface area contributed by atoms with Gasteiger partial charge in [-0.05, 0) is 23.7 Å². The molecule has 0 bridgehead atoms. The molecule has 0 aliphatic carbocycles. The smallest absolute Gasteiger partial charge is 1.00 e. The number of hydrogen-bond donors (Lipinski definition) is 0. The summed E-state index contributed by atoms with van der Waals surface area (Å²) in [6.45, 7) is 0. The molecule has 0 amide bonds. The Morgan fingerprint density at radius 2 is 2.00 bits per heavy atom. The molecule has 0 radical (unpaired) electrons. The summed E-state index contributed by atoms with van der Waals surface area (Å²) in [5.41, 5.74) is 0.478. The minimum atomic E-state index is -0.447. The van der Waals surface area contributed by atoms with Crippen molar-refractivity contribution in [1.82, 2.24) is 4.98 Å². The largest absolute Gasteiger partial charge is 1.00 e. The van der Waals surface area contributed by atoms with Crippen LogP contribution in [0.25, 0.3) is 0 Å². The fourth-order valence-electron chi connectivity index (χ4n) is 0.483. The van der Waals surface area contributed by atoms with Crippen molar-refractivity contribution in [2.75, 3.05) is 0 Å². The van der Waals surface area contributed by atoms with Gasteiger partial charge in [0.05, 0.1) is 0 Å². The van der Waals surface area contributed by atoms with Gasteiger partial charge >= 0.3 is 1.43 Å². The van der Waals surface area contributed by atoms with Gasteiger partial charge in [0.15, 0.2) is 0 Å². The summed E-state index contributed by atoms with van der Waals surface area (Å²) in [4.78, 5) is 14.1. The first-order valence-electron chi connectivity index (χ1n) is 2.40. The maximum Gasteiger partial charge on any atom is 1.00 e. The summed E-state index contributed by atoms with van der Waals surface area (Å²) < 4.78 is 0. The van der Waals surface area contributed by atoms with Crippen molar-refractivity contribution in [3.8, 4) is 0 Å². The van der Waals surface area contributed by atoms with Crippen LogP contribution < -0.4 is 12.4 Å². The standard InChI is InChI=1S/C6H4ClNO.ClH/c7-6(9)5-1-3-8-4-2-5;/h1-4H;1H. The number of carbonyl (C=O) groups excluding carboxylic acids is 1. The minimum absolute atomic E-state index is 0. The lowest BCUT2D eigenvalue weighted by Crippen LogP contribution is -3.00. The van der Waals surface area contributed by atoms with E-state index in [0.717, 1.165) is 0 Å². The van der Waals surface area contributed by atoms with Gasteiger partial charge in [0.2, 0.25) is 0 Å². The molecule has 1 aromatic rings. The molecule has 0 unspecified atom stereocenters. The first kappa shape index (κ1) is 9.40. The lowest BCUT2D eigenvalue weighted by atomic mass is 10.3. The molecule has 2 nitrogen and oxygen atoms in total. The van der Waals surface area contributed by atoms with Gasteiger partial charge < -0.3 is 12.4 Å². The van der Waals surface area contributed by atoms with E-state index in [2.05, 4.69) is 4.98 Å². The molecule has 0 spiro atoms. The number of halogens is 2. The number of aromatic nitrogens is 1. The first-order valence-corrected chi connectivity index (χ1v) is 2.78.